The molecule has 0 N–H and O–H groups in total. The first-order valence-corrected chi connectivity index (χ1v) is 18.0. The van der Waals surface area contributed by atoms with Crippen LogP contribution >= 0.6 is 10.0 Å². The topological polar surface area (TPSA) is 93.3 Å². The second-order valence-electron chi connectivity index (χ2n) is 13.2. The van der Waals surface area contributed by atoms with E-state index in [1.54, 1.807) is 9.13 Å². The quantitative estimate of drug-likeness (QED) is 0.160. The number of ether oxygens (including phenoxy) is 2. The number of amides is 1. The van der Waals surface area contributed by atoms with Gasteiger partial charge in [-0.1, -0.05) is 12.1 Å². The lowest BCUT2D eigenvalue weighted by Crippen LogP contribution is -2.41. The summed E-state index contributed by atoms with van der Waals surface area (Å²) in [6.45, 7) is 10.1. The van der Waals surface area contributed by atoms with Crippen molar-refractivity contribution in [2.24, 2.45) is 4.99 Å². The molecule has 0 saturated carbocycles. The van der Waals surface area contributed by atoms with E-state index in [1.807, 2.05) is 45.9 Å². The number of carbonyl (C=O) groups is 2. The van der Waals surface area contributed by atoms with Crippen LogP contribution in [0.4, 0.5) is 13.2 Å². The number of aromatic nitrogens is 2. The third-order valence-corrected chi connectivity index (χ3v) is 9.51. The summed E-state index contributed by atoms with van der Waals surface area (Å²) < 4.78 is 67.7. The highest BCUT2D eigenvalue weighted by atomic mass is 32.3. The third kappa shape index (κ3) is 8.44. The van der Waals surface area contributed by atoms with E-state index in [2.05, 4.69) is 23.8 Å². The number of imidazole rings is 1. The molecule has 1 aliphatic rings. The van der Waals surface area contributed by atoms with Crippen LogP contribution < -0.4 is 11.1 Å². The van der Waals surface area contributed by atoms with Gasteiger partial charge in [0.1, 0.15) is 6.73 Å². The van der Waals surface area contributed by atoms with Crippen LogP contribution in [0.25, 0.3) is 11.0 Å². The van der Waals surface area contributed by atoms with Crippen LogP contribution in [0.15, 0.2) is 47.5 Å². The molecule has 0 aliphatic carbocycles. The van der Waals surface area contributed by atoms with Gasteiger partial charge in [-0.25, -0.2) is 10.0 Å². The fourth-order valence-corrected chi connectivity index (χ4v) is 5.45. The van der Waals surface area contributed by atoms with E-state index in [1.165, 1.54) is 19.1 Å². The van der Waals surface area contributed by atoms with Gasteiger partial charge < -0.3 is 23.3 Å². The molecule has 46 heavy (non-hydrogen) atoms. The van der Waals surface area contributed by atoms with Crippen molar-refractivity contribution in [3.8, 4) is 0 Å². The first kappa shape index (κ1) is 35.8. The SMILES string of the molecule is CC(=O)OCCCn1c(=NC(=O)c2cccc(C(F)(F)F)c2)n(COCCS(C)(C)C)c2cc(B3OC(C)(C)C(C)(C)O3)ccc21. The summed E-state index contributed by atoms with van der Waals surface area (Å²) >= 11 is 0. The minimum absolute atomic E-state index is 0.0322. The van der Waals surface area contributed by atoms with Crippen molar-refractivity contribution < 1.29 is 41.5 Å². The monoisotopic (exact) mass is 665 g/mol. The molecule has 3 aromatic rings. The zero-order chi connectivity index (χ0) is 34.1. The van der Waals surface area contributed by atoms with E-state index in [9.17, 15) is 22.8 Å². The molecule has 0 bridgehead atoms. The summed E-state index contributed by atoms with van der Waals surface area (Å²) in [7, 11) is -1.50. The number of aryl methyl sites for hydroxylation is 1. The van der Waals surface area contributed by atoms with Gasteiger partial charge >= 0.3 is 19.3 Å². The maximum absolute atomic E-state index is 13.5. The van der Waals surface area contributed by atoms with Gasteiger partial charge in [0.2, 0.25) is 5.62 Å². The molecular formula is C32H43BF3N3O6S. The zero-order valence-corrected chi connectivity index (χ0v) is 28.5. The predicted molar refractivity (Wildman–Crippen MR) is 174 cm³/mol. The Kier molecular flexibility index (Phi) is 10.6. The Morgan fingerprint density at radius 1 is 0.957 bits per heavy atom. The Balaban J connectivity index is 1.86. The molecule has 0 atom stereocenters. The number of carbonyl (C=O) groups excluding carboxylic acids is 2. The van der Waals surface area contributed by atoms with E-state index in [-0.39, 0.29) is 24.5 Å². The molecule has 14 heteroatoms. The second kappa shape index (κ2) is 13.6. The summed E-state index contributed by atoms with van der Waals surface area (Å²) in [6.07, 6.45) is 2.34. The van der Waals surface area contributed by atoms with Gasteiger partial charge in [-0.3, -0.25) is 14.2 Å². The van der Waals surface area contributed by atoms with E-state index < -0.39 is 52.0 Å². The molecule has 1 saturated heterocycles. The number of benzene rings is 2. The second-order valence-corrected chi connectivity index (χ2v) is 17.8. The van der Waals surface area contributed by atoms with Crippen LogP contribution in [0.5, 0.6) is 0 Å². The number of hydrogen-bond acceptors (Lipinski definition) is 6. The highest BCUT2D eigenvalue weighted by Gasteiger charge is 2.51. The Labute approximate surface area is 269 Å². The van der Waals surface area contributed by atoms with Gasteiger partial charge in [0, 0.05) is 24.8 Å². The van der Waals surface area contributed by atoms with Gasteiger partial charge in [-0.05, 0) is 88.7 Å². The van der Waals surface area contributed by atoms with Crippen molar-refractivity contribution in [1.82, 2.24) is 9.13 Å². The molecule has 2 aromatic carbocycles. The summed E-state index contributed by atoms with van der Waals surface area (Å²) in [5.74, 6) is -0.406. The Bertz CT molecular complexity index is 1640. The fourth-order valence-electron chi connectivity index (χ4n) is 4.83. The molecule has 1 aromatic heterocycles. The lowest BCUT2D eigenvalue weighted by atomic mass is 9.79. The maximum atomic E-state index is 13.5. The van der Waals surface area contributed by atoms with Crippen LogP contribution in [-0.2, 0) is 43.0 Å². The molecule has 1 amide bonds. The van der Waals surface area contributed by atoms with Crippen LogP contribution in [0.1, 0.15) is 57.0 Å². The van der Waals surface area contributed by atoms with E-state index in [0.29, 0.717) is 30.6 Å². The van der Waals surface area contributed by atoms with Crippen molar-refractivity contribution in [1.29, 1.82) is 0 Å². The van der Waals surface area contributed by atoms with Crippen LogP contribution in [0.2, 0.25) is 0 Å². The molecular weight excluding hydrogens is 622 g/mol. The predicted octanol–water partition coefficient (Wildman–Crippen LogP) is 5.12. The summed E-state index contributed by atoms with van der Waals surface area (Å²) in [5.41, 5.74) is 0.0169. The van der Waals surface area contributed by atoms with Crippen molar-refractivity contribution in [3.05, 3.63) is 59.2 Å². The van der Waals surface area contributed by atoms with Crippen LogP contribution in [-0.4, -0.2) is 77.1 Å². The fraction of sp³-hybridized carbons (Fsp3) is 0.531. The lowest BCUT2D eigenvalue weighted by Gasteiger charge is -2.32. The maximum Gasteiger partial charge on any atom is 0.494 e. The van der Waals surface area contributed by atoms with Crippen molar-refractivity contribution >= 4 is 45.5 Å². The molecule has 1 fully saturated rings. The van der Waals surface area contributed by atoms with Crippen molar-refractivity contribution in [2.75, 3.05) is 37.7 Å². The highest BCUT2D eigenvalue weighted by molar-refractivity contribution is 8.32. The first-order valence-electron chi connectivity index (χ1n) is 15.0. The summed E-state index contributed by atoms with van der Waals surface area (Å²) in [4.78, 5) is 29.2. The Morgan fingerprint density at radius 3 is 2.24 bits per heavy atom. The number of esters is 1. The number of fused-ring (bicyclic) bond motifs is 1. The van der Waals surface area contributed by atoms with E-state index >= 15 is 0 Å². The third-order valence-electron chi connectivity index (χ3n) is 8.12. The molecule has 252 valence electrons. The number of alkyl halides is 3. The van der Waals surface area contributed by atoms with Gasteiger partial charge in [0.05, 0.1) is 41.0 Å². The molecule has 4 rings (SSSR count). The summed E-state index contributed by atoms with van der Waals surface area (Å²) in [6, 6.07) is 9.83. The van der Waals surface area contributed by atoms with Gasteiger partial charge in [-0.2, -0.15) is 18.2 Å². The minimum Gasteiger partial charge on any atom is -0.466 e. The van der Waals surface area contributed by atoms with Gasteiger partial charge in [0.15, 0.2) is 0 Å². The first-order chi connectivity index (χ1) is 21.3. The van der Waals surface area contributed by atoms with Crippen LogP contribution in [0.3, 0.4) is 0 Å². The average Bonchev–Trinajstić information content (AvgIpc) is 3.35. The van der Waals surface area contributed by atoms with Crippen molar-refractivity contribution in [2.45, 2.75) is 71.7 Å². The molecule has 1 aliphatic heterocycles. The minimum atomic E-state index is -4.62. The number of nitrogens with zero attached hydrogens (tertiary/aromatic N) is 3. The van der Waals surface area contributed by atoms with Crippen LogP contribution in [0, 0.1) is 0 Å². The lowest BCUT2D eigenvalue weighted by molar-refractivity contribution is -0.141. The van der Waals surface area contributed by atoms with Gasteiger partial charge in [-0.15, -0.1) is 0 Å². The zero-order valence-electron chi connectivity index (χ0n) is 27.7. The smallest absolute Gasteiger partial charge is 0.466 e. The Hall–Kier alpha value is -3.07. The largest absolute Gasteiger partial charge is 0.494 e. The number of hydrogen-bond donors (Lipinski definition) is 0. The summed E-state index contributed by atoms with van der Waals surface area (Å²) in [5, 5.41) is 0. The Morgan fingerprint density at radius 2 is 1.63 bits per heavy atom. The molecule has 0 spiro atoms. The molecule has 0 radical (unpaired) electrons. The highest BCUT2D eigenvalue weighted by Crippen LogP contribution is 2.37. The molecule has 9 nitrogen and oxygen atoms in total. The molecule has 0 unspecified atom stereocenters. The van der Waals surface area contributed by atoms with Crippen molar-refractivity contribution in [3.63, 3.8) is 0 Å². The number of rotatable bonds is 11. The standard InChI is InChI=1S/C32H43BF3N3O6S/c1-22(40)43-16-10-15-38-26-14-13-25(33-44-30(2,3)31(4,5)45-33)20-27(26)39(21-42-17-18-46(6,7)8)29(38)37-28(41)23-11-9-12-24(19-23)32(34,35)36/h9,11-14,19-20H,10,15-18,21H2,1-8H3. The van der Waals surface area contributed by atoms with Gasteiger partial charge in [0.25, 0.3) is 5.91 Å². The van der Waals surface area contributed by atoms with E-state index in [4.69, 9.17) is 18.8 Å². The van der Waals surface area contributed by atoms with E-state index in [0.717, 1.165) is 23.3 Å². The average molecular weight is 666 g/mol. The molecule has 2 heterocycles. The number of halogens is 3. The normalized spacial score (nSPS) is 17.1.